The highest BCUT2D eigenvalue weighted by atomic mass is 15.2. The number of hydrogen-bond acceptors (Lipinski definition) is 3. The van der Waals surface area contributed by atoms with Crippen molar-refractivity contribution in [2.75, 3.05) is 5.32 Å². The Morgan fingerprint density at radius 1 is 1.18 bits per heavy atom. The highest BCUT2D eigenvalue weighted by Gasteiger charge is 2.46. The van der Waals surface area contributed by atoms with Crippen molar-refractivity contribution in [3.63, 3.8) is 0 Å². The first-order valence-corrected chi connectivity index (χ1v) is 6.06. The van der Waals surface area contributed by atoms with Gasteiger partial charge in [0, 0.05) is 16.8 Å². The van der Waals surface area contributed by atoms with E-state index in [0.717, 1.165) is 11.5 Å². The molecule has 1 aromatic carbocycles. The Morgan fingerprint density at radius 3 is 2.47 bits per heavy atom. The molecule has 1 saturated carbocycles. The van der Waals surface area contributed by atoms with Crippen LogP contribution in [0.2, 0.25) is 0 Å². The molecule has 1 N–H and O–H groups in total. The average molecular weight is 227 g/mol. The summed E-state index contributed by atoms with van der Waals surface area (Å²) in [5, 5.41) is 14.4. The van der Waals surface area contributed by atoms with Crippen LogP contribution in [0.5, 0.6) is 0 Å². The lowest BCUT2D eigenvalue weighted by Gasteiger charge is -2.10. The van der Waals surface area contributed by atoms with Crippen molar-refractivity contribution in [3.8, 4) is 0 Å². The first-order valence-electron chi connectivity index (χ1n) is 6.06. The third kappa shape index (κ3) is 1.75. The topological polar surface area (TPSA) is 37.8 Å². The van der Waals surface area contributed by atoms with Crippen LogP contribution < -0.4 is 5.32 Å². The van der Waals surface area contributed by atoms with Crippen LogP contribution in [0.4, 0.5) is 5.82 Å². The summed E-state index contributed by atoms with van der Waals surface area (Å²) >= 11 is 0. The molecule has 0 amide bonds. The molecule has 0 saturated heterocycles. The molecule has 3 heteroatoms. The summed E-state index contributed by atoms with van der Waals surface area (Å²) in [6.45, 7) is 6.54. The van der Waals surface area contributed by atoms with E-state index in [1.165, 1.54) is 17.2 Å². The van der Waals surface area contributed by atoms with Gasteiger partial charge in [-0.15, -0.1) is 5.10 Å². The van der Waals surface area contributed by atoms with Gasteiger partial charge in [0.1, 0.15) is 0 Å². The number of hydrogen-bond donors (Lipinski definition) is 1. The van der Waals surface area contributed by atoms with Gasteiger partial charge in [-0.05, 0) is 18.8 Å². The highest BCUT2D eigenvalue weighted by Crippen LogP contribution is 2.46. The molecule has 0 spiro atoms. The molecule has 1 aliphatic rings. The van der Waals surface area contributed by atoms with Gasteiger partial charge < -0.3 is 5.32 Å². The predicted molar refractivity (Wildman–Crippen MR) is 70.1 cm³/mol. The molecule has 2 aromatic rings. The first kappa shape index (κ1) is 10.5. The van der Waals surface area contributed by atoms with Gasteiger partial charge in [0.05, 0.1) is 5.69 Å². The molecular formula is C14H17N3. The number of benzene rings is 1. The second-order valence-corrected chi connectivity index (χ2v) is 5.57. The van der Waals surface area contributed by atoms with E-state index in [0.29, 0.717) is 11.5 Å². The molecule has 0 bridgehead atoms. The largest absolute Gasteiger partial charge is 0.365 e. The number of nitrogens with one attached hydrogen (secondary N) is 1. The molecule has 1 aromatic heterocycles. The minimum Gasteiger partial charge on any atom is -0.365 e. The van der Waals surface area contributed by atoms with Crippen LogP contribution in [0.15, 0.2) is 24.3 Å². The van der Waals surface area contributed by atoms with Crippen molar-refractivity contribution < 1.29 is 0 Å². The quantitative estimate of drug-likeness (QED) is 0.856. The summed E-state index contributed by atoms with van der Waals surface area (Å²) in [6, 6.07) is 8.83. The molecule has 0 aliphatic heterocycles. The lowest BCUT2D eigenvalue weighted by molar-refractivity contribution is 0.629. The Bertz CT molecular complexity index is 575. The van der Waals surface area contributed by atoms with Gasteiger partial charge >= 0.3 is 0 Å². The number of anilines is 1. The van der Waals surface area contributed by atoms with Crippen LogP contribution in [0.1, 0.15) is 26.0 Å². The molecule has 17 heavy (non-hydrogen) atoms. The molecule has 1 unspecified atom stereocenters. The molecule has 88 valence electrons. The molecule has 0 radical (unpaired) electrons. The van der Waals surface area contributed by atoms with Crippen molar-refractivity contribution in [3.05, 3.63) is 30.0 Å². The maximum atomic E-state index is 4.29. The van der Waals surface area contributed by atoms with Crippen LogP contribution in [-0.4, -0.2) is 16.2 Å². The second kappa shape index (κ2) is 3.42. The van der Waals surface area contributed by atoms with Crippen molar-refractivity contribution in [1.82, 2.24) is 10.2 Å². The molecule has 1 aliphatic carbocycles. The smallest absolute Gasteiger partial charge is 0.156 e. The normalized spacial score (nSPS) is 21.5. The van der Waals surface area contributed by atoms with E-state index in [1.807, 2.05) is 19.1 Å². The number of fused-ring (bicyclic) bond motifs is 1. The van der Waals surface area contributed by atoms with E-state index in [4.69, 9.17) is 0 Å². The van der Waals surface area contributed by atoms with E-state index in [1.54, 1.807) is 0 Å². The van der Waals surface area contributed by atoms with Crippen molar-refractivity contribution in [1.29, 1.82) is 0 Å². The number of nitrogens with zero attached hydrogens (tertiary/aromatic N) is 2. The summed E-state index contributed by atoms with van der Waals surface area (Å²) in [5.74, 6) is 0.918. The fourth-order valence-corrected chi connectivity index (χ4v) is 2.22. The van der Waals surface area contributed by atoms with Crippen molar-refractivity contribution in [2.45, 2.75) is 33.2 Å². The maximum Gasteiger partial charge on any atom is 0.156 e. The van der Waals surface area contributed by atoms with Crippen LogP contribution in [0, 0.1) is 12.3 Å². The zero-order chi connectivity index (χ0) is 12.0. The fraction of sp³-hybridized carbons (Fsp3) is 0.429. The van der Waals surface area contributed by atoms with Gasteiger partial charge in [-0.1, -0.05) is 38.1 Å². The van der Waals surface area contributed by atoms with Gasteiger partial charge in [-0.3, -0.25) is 0 Å². The fourth-order valence-electron chi connectivity index (χ4n) is 2.22. The number of aryl methyl sites for hydroxylation is 1. The number of rotatable bonds is 2. The minimum absolute atomic E-state index is 0.396. The Hall–Kier alpha value is -1.64. The van der Waals surface area contributed by atoms with Crippen LogP contribution in [0.3, 0.4) is 0 Å². The third-order valence-electron chi connectivity index (χ3n) is 3.70. The molecule has 1 heterocycles. The van der Waals surface area contributed by atoms with Gasteiger partial charge in [0.25, 0.3) is 0 Å². The third-order valence-corrected chi connectivity index (χ3v) is 3.70. The maximum absolute atomic E-state index is 4.29. The van der Waals surface area contributed by atoms with Crippen molar-refractivity contribution >= 4 is 16.6 Å². The van der Waals surface area contributed by atoms with E-state index in [2.05, 4.69) is 41.5 Å². The van der Waals surface area contributed by atoms with E-state index >= 15 is 0 Å². The van der Waals surface area contributed by atoms with E-state index in [-0.39, 0.29) is 0 Å². The zero-order valence-electron chi connectivity index (χ0n) is 10.5. The van der Waals surface area contributed by atoms with Gasteiger partial charge in [-0.25, -0.2) is 0 Å². The molecular weight excluding hydrogens is 210 g/mol. The molecule has 1 fully saturated rings. The summed E-state index contributed by atoms with van der Waals surface area (Å²) < 4.78 is 0. The summed E-state index contributed by atoms with van der Waals surface area (Å²) in [6.07, 6.45) is 1.21. The Morgan fingerprint density at radius 2 is 1.82 bits per heavy atom. The number of aromatic nitrogens is 2. The van der Waals surface area contributed by atoms with Crippen LogP contribution in [0.25, 0.3) is 10.8 Å². The van der Waals surface area contributed by atoms with Crippen LogP contribution in [-0.2, 0) is 0 Å². The van der Waals surface area contributed by atoms with Crippen molar-refractivity contribution in [2.24, 2.45) is 5.41 Å². The Balaban J connectivity index is 2.03. The van der Waals surface area contributed by atoms with Gasteiger partial charge in [0.2, 0.25) is 0 Å². The summed E-state index contributed by atoms with van der Waals surface area (Å²) in [4.78, 5) is 0. The SMILES string of the molecule is Cc1nnc(NC2CC2(C)C)c2ccccc12. The lowest BCUT2D eigenvalue weighted by Crippen LogP contribution is -2.11. The molecule has 3 rings (SSSR count). The molecule has 1 atom stereocenters. The van der Waals surface area contributed by atoms with E-state index < -0.39 is 0 Å². The predicted octanol–water partition coefficient (Wildman–Crippen LogP) is 3.15. The monoisotopic (exact) mass is 227 g/mol. The Kier molecular flexibility index (Phi) is 2.12. The van der Waals surface area contributed by atoms with Crippen LogP contribution >= 0.6 is 0 Å². The standard InChI is InChI=1S/C14H17N3/c1-9-10-6-4-5-7-11(10)13(17-16-9)15-12-8-14(12,2)3/h4-7,12H,8H2,1-3H3,(H,15,17). The zero-order valence-corrected chi connectivity index (χ0v) is 10.5. The Labute approximate surface area is 101 Å². The second-order valence-electron chi connectivity index (χ2n) is 5.57. The van der Waals surface area contributed by atoms with E-state index in [9.17, 15) is 0 Å². The average Bonchev–Trinajstić information content (AvgIpc) is 2.91. The van der Waals surface area contributed by atoms with Gasteiger partial charge in [-0.2, -0.15) is 5.10 Å². The highest BCUT2D eigenvalue weighted by molar-refractivity contribution is 5.93. The summed E-state index contributed by atoms with van der Waals surface area (Å²) in [7, 11) is 0. The lowest BCUT2D eigenvalue weighted by atomic mass is 10.1. The molecule has 3 nitrogen and oxygen atoms in total. The summed E-state index contributed by atoms with van der Waals surface area (Å²) in [5.41, 5.74) is 1.38. The first-order chi connectivity index (χ1) is 8.08. The van der Waals surface area contributed by atoms with Gasteiger partial charge in [0.15, 0.2) is 5.82 Å². The minimum atomic E-state index is 0.396.